The Morgan fingerprint density at radius 1 is 1.13 bits per heavy atom. The summed E-state index contributed by atoms with van der Waals surface area (Å²) in [7, 11) is 0. The summed E-state index contributed by atoms with van der Waals surface area (Å²) in [6.45, 7) is 9.17. The van der Waals surface area contributed by atoms with Crippen LogP contribution in [0.5, 0.6) is 0 Å². The highest BCUT2D eigenvalue weighted by atomic mass is 16.3. The number of hydrogen-bond donors (Lipinski definition) is 3. The molecule has 0 aromatic rings. The molecule has 2 aliphatic carbocycles. The molecular weight excluding hydrogens is 288 g/mol. The van der Waals surface area contributed by atoms with Crippen LogP contribution in [0.25, 0.3) is 0 Å². The Bertz CT molecular complexity index is 442. The van der Waals surface area contributed by atoms with E-state index in [2.05, 4.69) is 27.7 Å². The number of fused-ring (bicyclic) bond motifs is 1. The molecule has 0 saturated heterocycles. The molecule has 2 fully saturated rings. The molecule has 3 nitrogen and oxygen atoms in total. The van der Waals surface area contributed by atoms with Gasteiger partial charge in [0, 0.05) is 0 Å². The van der Waals surface area contributed by atoms with Gasteiger partial charge in [0.1, 0.15) is 0 Å². The van der Waals surface area contributed by atoms with Gasteiger partial charge in [-0.1, -0.05) is 40.2 Å². The first-order valence-corrected chi connectivity index (χ1v) is 9.33. The third-order valence-corrected chi connectivity index (χ3v) is 7.33. The van der Waals surface area contributed by atoms with Gasteiger partial charge in [0.2, 0.25) is 0 Å². The third-order valence-electron chi connectivity index (χ3n) is 7.33. The summed E-state index contributed by atoms with van der Waals surface area (Å²) in [6.07, 6.45) is 8.87. The van der Waals surface area contributed by atoms with E-state index in [-0.39, 0.29) is 24.5 Å². The minimum absolute atomic E-state index is 0.0311. The predicted molar refractivity (Wildman–Crippen MR) is 94.1 cm³/mol. The van der Waals surface area contributed by atoms with Gasteiger partial charge in [0.05, 0.1) is 18.8 Å². The number of aliphatic hydroxyl groups excluding tert-OH is 2. The highest BCUT2D eigenvalue weighted by molar-refractivity contribution is 5.13. The molecule has 0 aromatic heterocycles. The van der Waals surface area contributed by atoms with E-state index in [0.717, 1.165) is 18.4 Å². The predicted octanol–water partition coefficient (Wildman–Crippen LogP) is 3.67. The summed E-state index contributed by atoms with van der Waals surface area (Å²) in [5.74, 6) is 0.844. The highest BCUT2D eigenvalue weighted by Gasteiger charge is 2.60. The molecule has 0 amide bonds. The van der Waals surface area contributed by atoms with E-state index in [0.29, 0.717) is 24.2 Å². The fourth-order valence-corrected chi connectivity index (χ4v) is 5.83. The number of aliphatic hydroxyl groups is 3. The fourth-order valence-electron chi connectivity index (χ4n) is 5.83. The minimum Gasteiger partial charge on any atom is -0.392 e. The molecule has 0 spiro atoms. The van der Waals surface area contributed by atoms with Crippen molar-refractivity contribution in [2.24, 2.45) is 22.7 Å². The lowest BCUT2D eigenvalue weighted by molar-refractivity contribution is -0.211. The average Bonchev–Trinajstić information content (AvgIpc) is 2.48. The quantitative estimate of drug-likeness (QED) is 0.676. The maximum Gasteiger partial charge on any atom is 0.0732 e. The largest absolute Gasteiger partial charge is 0.392 e. The fraction of sp³-hybridized carbons (Fsp3) is 0.900. The number of hydrogen-bond acceptors (Lipinski definition) is 3. The van der Waals surface area contributed by atoms with E-state index >= 15 is 0 Å². The van der Waals surface area contributed by atoms with E-state index in [9.17, 15) is 10.2 Å². The Morgan fingerprint density at radius 2 is 1.83 bits per heavy atom. The van der Waals surface area contributed by atoms with Crippen molar-refractivity contribution in [1.29, 1.82) is 0 Å². The topological polar surface area (TPSA) is 60.7 Å². The van der Waals surface area contributed by atoms with Gasteiger partial charge in [-0.05, 0) is 66.8 Å². The number of rotatable bonds is 5. The second-order valence-electron chi connectivity index (χ2n) is 8.92. The van der Waals surface area contributed by atoms with E-state index in [1.807, 2.05) is 0 Å². The molecule has 3 heteroatoms. The molecule has 2 rings (SSSR count). The smallest absolute Gasteiger partial charge is 0.0732 e. The summed E-state index contributed by atoms with van der Waals surface area (Å²) < 4.78 is 0. The van der Waals surface area contributed by atoms with Crippen LogP contribution in [-0.2, 0) is 0 Å². The van der Waals surface area contributed by atoms with Crippen molar-refractivity contribution in [3.63, 3.8) is 0 Å². The van der Waals surface area contributed by atoms with Crippen LogP contribution in [0.4, 0.5) is 0 Å². The summed E-state index contributed by atoms with van der Waals surface area (Å²) in [6, 6.07) is 0. The van der Waals surface area contributed by atoms with Crippen LogP contribution in [0, 0.1) is 22.7 Å². The van der Waals surface area contributed by atoms with Crippen LogP contribution in [0.3, 0.4) is 0 Å². The molecule has 1 unspecified atom stereocenters. The summed E-state index contributed by atoms with van der Waals surface area (Å²) in [5.41, 5.74) is 0.402. The molecule has 0 radical (unpaired) electrons. The summed E-state index contributed by atoms with van der Waals surface area (Å²) in [4.78, 5) is 0. The van der Waals surface area contributed by atoms with Crippen LogP contribution in [0.2, 0.25) is 0 Å². The maximum atomic E-state index is 11.8. The van der Waals surface area contributed by atoms with Gasteiger partial charge in [-0.25, -0.2) is 0 Å². The van der Waals surface area contributed by atoms with Crippen molar-refractivity contribution >= 4 is 0 Å². The van der Waals surface area contributed by atoms with Crippen LogP contribution in [-0.4, -0.2) is 34.1 Å². The standard InChI is InChI=1S/C20H36O3/c1-15-6-7-17-18(2,3)10-5-11-19(17,4)20(15,23)12-8-16(14-22)9-13-21/h9,15,17,21-23H,5-8,10-14H2,1-4H3/b16-9+/t15-,17?,19-,20-/m1/s1. The summed E-state index contributed by atoms with van der Waals surface area (Å²) in [5, 5.41) is 30.3. The van der Waals surface area contributed by atoms with Gasteiger partial charge < -0.3 is 15.3 Å². The van der Waals surface area contributed by atoms with E-state index in [1.54, 1.807) is 6.08 Å². The van der Waals surface area contributed by atoms with Crippen molar-refractivity contribution in [1.82, 2.24) is 0 Å². The molecule has 23 heavy (non-hydrogen) atoms. The second-order valence-corrected chi connectivity index (χ2v) is 8.92. The highest BCUT2D eigenvalue weighted by Crippen LogP contribution is 2.63. The van der Waals surface area contributed by atoms with Crippen LogP contribution in [0.15, 0.2) is 11.6 Å². The van der Waals surface area contributed by atoms with Crippen molar-refractivity contribution in [2.45, 2.75) is 78.2 Å². The van der Waals surface area contributed by atoms with Crippen LogP contribution >= 0.6 is 0 Å². The van der Waals surface area contributed by atoms with Crippen LogP contribution < -0.4 is 0 Å². The molecule has 4 atom stereocenters. The zero-order chi connectivity index (χ0) is 17.3. The first-order valence-electron chi connectivity index (χ1n) is 9.33. The average molecular weight is 325 g/mol. The van der Waals surface area contributed by atoms with Gasteiger partial charge in [-0.3, -0.25) is 0 Å². The first kappa shape index (κ1) is 19.0. The zero-order valence-corrected chi connectivity index (χ0v) is 15.4. The van der Waals surface area contributed by atoms with E-state index in [1.165, 1.54) is 19.3 Å². The van der Waals surface area contributed by atoms with Gasteiger partial charge in [-0.2, -0.15) is 0 Å². The SMILES string of the molecule is C[C@@H]1CCC2C(C)(C)CCC[C@@]2(C)[C@@]1(O)CC/C(=C\CO)CO. The van der Waals surface area contributed by atoms with Gasteiger partial charge >= 0.3 is 0 Å². The minimum atomic E-state index is -0.683. The molecular formula is C20H36O3. The Kier molecular flexibility index (Phi) is 5.65. The molecule has 134 valence electrons. The molecule has 0 aliphatic heterocycles. The lowest BCUT2D eigenvalue weighted by atomic mass is 9.44. The van der Waals surface area contributed by atoms with Crippen molar-refractivity contribution in [3.05, 3.63) is 11.6 Å². The molecule has 2 aliphatic rings. The zero-order valence-electron chi connectivity index (χ0n) is 15.4. The Morgan fingerprint density at radius 3 is 2.43 bits per heavy atom. The van der Waals surface area contributed by atoms with Crippen molar-refractivity contribution < 1.29 is 15.3 Å². The van der Waals surface area contributed by atoms with Crippen molar-refractivity contribution in [3.8, 4) is 0 Å². The van der Waals surface area contributed by atoms with E-state index < -0.39 is 5.60 Å². The first-order chi connectivity index (χ1) is 10.7. The lowest BCUT2D eigenvalue weighted by Crippen LogP contribution is -2.62. The molecule has 2 saturated carbocycles. The monoisotopic (exact) mass is 324 g/mol. The van der Waals surface area contributed by atoms with E-state index in [4.69, 9.17) is 5.11 Å². The molecule has 3 N–H and O–H groups in total. The Labute approximate surface area is 141 Å². The lowest BCUT2D eigenvalue weighted by Gasteiger charge is -2.63. The van der Waals surface area contributed by atoms with Gasteiger partial charge in [-0.15, -0.1) is 0 Å². The summed E-state index contributed by atoms with van der Waals surface area (Å²) >= 11 is 0. The van der Waals surface area contributed by atoms with Crippen LogP contribution in [0.1, 0.15) is 72.6 Å². The third kappa shape index (κ3) is 3.25. The second kappa shape index (κ2) is 6.85. The Hall–Kier alpha value is -0.380. The maximum absolute atomic E-state index is 11.8. The normalized spacial score (nSPS) is 40.7. The molecule has 0 aromatic carbocycles. The van der Waals surface area contributed by atoms with Crippen molar-refractivity contribution in [2.75, 3.05) is 13.2 Å². The molecule has 0 bridgehead atoms. The Balaban J connectivity index is 2.27. The molecule has 0 heterocycles. The van der Waals surface area contributed by atoms with Gasteiger partial charge in [0.25, 0.3) is 0 Å². The van der Waals surface area contributed by atoms with Gasteiger partial charge in [0.15, 0.2) is 0 Å².